The highest BCUT2D eigenvalue weighted by molar-refractivity contribution is 9.10. The fourth-order valence-corrected chi connectivity index (χ4v) is 1.95. The number of aromatic nitrogens is 2. The van der Waals surface area contributed by atoms with Crippen molar-refractivity contribution >= 4 is 31.9 Å². The summed E-state index contributed by atoms with van der Waals surface area (Å²) in [6, 6.07) is 2.56. The minimum atomic E-state index is -0.634. The quantitative estimate of drug-likeness (QED) is 0.752. The molecule has 0 bridgehead atoms. The van der Waals surface area contributed by atoms with Gasteiger partial charge in [0.15, 0.2) is 11.6 Å². The molecule has 0 N–H and O–H groups in total. The first-order valence-electron chi connectivity index (χ1n) is 4.36. The Morgan fingerprint density at radius 3 is 2.31 bits per heavy atom. The van der Waals surface area contributed by atoms with Gasteiger partial charge in [0.25, 0.3) is 0 Å². The van der Waals surface area contributed by atoms with Crippen LogP contribution in [-0.2, 0) is 5.33 Å². The van der Waals surface area contributed by atoms with Crippen LogP contribution in [0.4, 0.5) is 8.78 Å². The van der Waals surface area contributed by atoms with E-state index in [2.05, 4.69) is 37.0 Å². The van der Waals surface area contributed by atoms with Crippen molar-refractivity contribution in [3.05, 3.63) is 46.2 Å². The van der Waals surface area contributed by atoms with Gasteiger partial charge in [-0.1, -0.05) is 15.9 Å². The molecule has 0 aliphatic rings. The molecule has 1 aromatic heterocycles. The van der Waals surface area contributed by atoms with Gasteiger partial charge in [0.05, 0.1) is 10.7 Å². The maximum Gasteiger partial charge on any atom is 0.152 e. The monoisotopic (exact) mass is 350 g/mol. The predicted octanol–water partition coefficient (Wildman–Crippen LogP) is 3.81. The van der Waals surface area contributed by atoms with Crippen LogP contribution in [0.25, 0.3) is 5.69 Å². The van der Waals surface area contributed by atoms with E-state index in [4.69, 9.17) is 0 Å². The van der Waals surface area contributed by atoms with Crippen molar-refractivity contribution < 1.29 is 8.78 Å². The van der Waals surface area contributed by atoms with E-state index in [9.17, 15) is 8.78 Å². The lowest BCUT2D eigenvalue weighted by Crippen LogP contribution is -2.03. The third-order valence-electron chi connectivity index (χ3n) is 2.01. The van der Waals surface area contributed by atoms with E-state index in [0.717, 1.165) is 4.68 Å². The van der Waals surface area contributed by atoms with Gasteiger partial charge in [0.2, 0.25) is 0 Å². The van der Waals surface area contributed by atoms with E-state index in [1.165, 1.54) is 24.5 Å². The molecule has 0 unspecified atom stereocenters. The van der Waals surface area contributed by atoms with Crippen LogP contribution in [0.3, 0.4) is 0 Å². The molecular formula is C10H6Br2F2N2. The number of hydrogen-bond donors (Lipinski definition) is 0. The summed E-state index contributed by atoms with van der Waals surface area (Å²) in [5.41, 5.74) is 0.375. The van der Waals surface area contributed by atoms with Gasteiger partial charge in [0, 0.05) is 11.5 Å². The average Bonchev–Trinajstić information content (AvgIpc) is 2.63. The molecule has 2 aromatic rings. The third kappa shape index (κ3) is 2.17. The average molecular weight is 352 g/mol. The number of alkyl halides is 1. The van der Waals surface area contributed by atoms with Crippen LogP contribution in [0.5, 0.6) is 0 Å². The standard InChI is InChI=1S/C10H6Br2F2N2/c11-3-6-1-8(13)10(9(14)2-6)16-5-7(12)4-15-16/h1-2,4-5H,3H2. The molecule has 0 saturated carbocycles. The fraction of sp³-hybridized carbons (Fsp3) is 0.100. The van der Waals surface area contributed by atoms with Crippen molar-refractivity contribution in [1.29, 1.82) is 0 Å². The van der Waals surface area contributed by atoms with Crippen molar-refractivity contribution in [2.24, 2.45) is 0 Å². The molecule has 0 fully saturated rings. The summed E-state index contributed by atoms with van der Waals surface area (Å²) in [6.07, 6.45) is 2.96. The Labute approximate surface area is 108 Å². The zero-order valence-corrected chi connectivity index (χ0v) is 11.1. The van der Waals surface area contributed by atoms with Gasteiger partial charge in [-0.2, -0.15) is 5.10 Å². The molecule has 1 aromatic carbocycles. The normalized spacial score (nSPS) is 10.8. The second-order valence-corrected chi connectivity index (χ2v) is 4.62. The first kappa shape index (κ1) is 11.7. The minimum Gasteiger partial charge on any atom is -0.234 e. The lowest BCUT2D eigenvalue weighted by atomic mass is 10.2. The van der Waals surface area contributed by atoms with Crippen LogP contribution in [0.15, 0.2) is 29.0 Å². The summed E-state index contributed by atoms with van der Waals surface area (Å²) in [6.45, 7) is 0. The lowest BCUT2D eigenvalue weighted by Gasteiger charge is -2.06. The minimum absolute atomic E-state index is 0.171. The summed E-state index contributed by atoms with van der Waals surface area (Å²) in [4.78, 5) is 0. The summed E-state index contributed by atoms with van der Waals surface area (Å²) in [5, 5.41) is 4.25. The Kier molecular flexibility index (Phi) is 3.39. The number of benzene rings is 1. The summed E-state index contributed by atoms with van der Waals surface area (Å²) < 4.78 is 29.1. The highest BCUT2D eigenvalue weighted by atomic mass is 79.9. The Balaban J connectivity index is 2.57. The number of hydrogen-bond acceptors (Lipinski definition) is 1. The van der Waals surface area contributed by atoms with Crippen molar-refractivity contribution in [1.82, 2.24) is 9.78 Å². The van der Waals surface area contributed by atoms with E-state index >= 15 is 0 Å². The van der Waals surface area contributed by atoms with Gasteiger partial charge in [-0.25, -0.2) is 13.5 Å². The molecule has 2 nitrogen and oxygen atoms in total. The molecule has 1 heterocycles. The summed E-state index contributed by atoms with van der Waals surface area (Å²) in [7, 11) is 0. The second-order valence-electron chi connectivity index (χ2n) is 3.14. The molecule has 0 atom stereocenters. The molecular weight excluding hydrogens is 346 g/mol. The highest BCUT2D eigenvalue weighted by Gasteiger charge is 2.13. The Morgan fingerprint density at radius 2 is 1.88 bits per heavy atom. The van der Waals surface area contributed by atoms with Crippen LogP contribution < -0.4 is 0 Å². The van der Waals surface area contributed by atoms with Crippen LogP contribution in [0.2, 0.25) is 0 Å². The third-order valence-corrected chi connectivity index (χ3v) is 3.07. The van der Waals surface area contributed by atoms with Gasteiger partial charge >= 0.3 is 0 Å². The zero-order valence-electron chi connectivity index (χ0n) is 7.92. The molecule has 0 amide bonds. The maximum atomic E-state index is 13.7. The Morgan fingerprint density at radius 1 is 1.25 bits per heavy atom. The molecule has 0 saturated heterocycles. The van der Waals surface area contributed by atoms with E-state index < -0.39 is 11.6 Å². The highest BCUT2D eigenvalue weighted by Crippen LogP contribution is 2.21. The summed E-state index contributed by atoms with van der Waals surface area (Å²) >= 11 is 6.32. The van der Waals surface area contributed by atoms with Gasteiger partial charge < -0.3 is 0 Å². The SMILES string of the molecule is Fc1cc(CBr)cc(F)c1-n1cc(Br)cn1. The number of halogens is 4. The Bertz CT molecular complexity index is 502. The number of nitrogens with zero attached hydrogens (tertiary/aromatic N) is 2. The van der Waals surface area contributed by atoms with Gasteiger partial charge in [-0.3, -0.25) is 0 Å². The Hall–Kier alpha value is -0.750. The second kappa shape index (κ2) is 4.63. The van der Waals surface area contributed by atoms with E-state index in [1.54, 1.807) is 0 Å². The number of rotatable bonds is 2. The molecule has 0 aliphatic heterocycles. The van der Waals surface area contributed by atoms with Gasteiger partial charge in [0.1, 0.15) is 5.69 Å². The molecule has 6 heteroatoms. The van der Waals surface area contributed by atoms with Gasteiger partial charge in [-0.05, 0) is 33.6 Å². The van der Waals surface area contributed by atoms with Crippen molar-refractivity contribution in [2.45, 2.75) is 5.33 Å². The van der Waals surface area contributed by atoms with E-state index in [-0.39, 0.29) is 5.69 Å². The van der Waals surface area contributed by atoms with Crippen molar-refractivity contribution in [2.75, 3.05) is 0 Å². The topological polar surface area (TPSA) is 17.8 Å². The summed E-state index contributed by atoms with van der Waals surface area (Å²) in [5.74, 6) is -1.27. The maximum absolute atomic E-state index is 13.7. The van der Waals surface area contributed by atoms with Crippen LogP contribution in [0, 0.1) is 11.6 Å². The molecule has 0 aliphatic carbocycles. The van der Waals surface area contributed by atoms with Crippen molar-refractivity contribution in [3.63, 3.8) is 0 Å². The zero-order chi connectivity index (χ0) is 11.7. The molecule has 84 valence electrons. The molecule has 2 rings (SSSR count). The molecule has 16 heavy (non-hydrogen) atoms. The molecule has 0 radical (unpaired) electrons. The largest absolute Gasteiger partial charge is 0.234 e. The molecule has 0 spiro atoms. The lowest BCUT2D eigenvalue weighted by molar-refractivity contribution is 0.558. The fourth-order valence-electron chi connectivity index (χ4n) is 1.34. The van der Waals surface area contributed by atoms with Crippen molar-refractivity contribution in [3.8, 4) is 5.69 Å². The predicted molar refractivity (Wildman–Crippen MR) is 63.8 cm³/mol. The van der Waals surface area contributed by atoms with Crippen LogP contribution in [-0.4, -0.2) is 9.78 Å². The van der Waals surface area contributed by atoms with E-state index in [1.807, 2.05) is 0 Å². The van der Waals surface area contributed by atoms with E-state index in [0.29, 0.717) is 15.4 Å². The smallest absolute Gasteiger partial charge is 0.152 e. The van der Waals surface area contributed by atoms with Crippen LogP contribution >= 0.6 is 31.9 Å². The first-order valence-corrected chi connectivity index (χ1v) is 6.27. The first-order chi connectivity index (χ1) is 7.61. The van der Waals surface area contributed by atoms with Crippen LogP contribution in [0.1, 0.15) is 5.56 Å². The van der Waals surface area contributed by atoms with Gasteiger partial charge in [-0.15, -0.1) is 0 Å².